The zero-order chi connectivity index (χ0) is 24.1. The summed E-state index contributed by atoms with van der Waals surface area (Å²) in [5, 5.41) is 23.6. The van der Waals surface area contributed by atoms with Crippen LogP contribution in [0.5, 0.6) is 0 Å². The first-order valence-corrected chi connectivity index (χ1v) is 12.8. The highest BCUT2D eigenvalue weighted by Crippen LogP contribution is 2.32. The van der Waals surface area contributed by atoms with E-state index in [1.165, 1.54) is 24.8 Å². The minimum absolute atomic E-state index is 0.0108. The van der Waals surface area contributed by atoms with Crippen molar-refractivity contribution in [3.05, 3.63) is 51.1 Å². The highest BCUT2D eigenvalue weighted by molar-refractivity contribution is 5.80. The first-order valence-electron chi connectivity index (χ1n) is 12.8. The average Bonchev–Trinajstić information content (AvgIpc) is 3.32. The van der Waals surface area contributed by atoms with Crippen LogP contribution in [-0.2, 0) is 6.54 Å². The first kappa shape index (κ1) is 24.5. The Hall–Kier alpha value is -2.58. The summed E-state index contributed by atoms with van der Waals surface area (Å²) in [5.74, 6) is 0.885. The van der Waals surface area contributed by atoms with Crippen LogP contribution < -0.4 is 5.56 Å². The molecule has 0 amide bonds. The third-order valence-corrected chi connectivity index (χ3v) is 7.25. The molecule has 4 rings (SSSR count). The molecule has 1 aliphatic carbocycles. The number of aliphatic hydroxyl groups excluding tert-OH is 1. The number of aryl methyl sites for hydroxylation is 2. The molecule has 184 valence electrons. The predicted octanol–water partition coefficient (Wildman–Crippen LogP) is 4.36. The van der Waals surface area contributed by atoms with Gasteiger partial charge in [0, 0.05) is 30.8 Å². The maximum atomic E-state index is 13.0. The Balaban J connectivity index is 1.69. The number of tetrazole rings is 1. The summed E-state index contributed by atoms with van der Waals surface area (Å²) in [5.41, 5.74) is 3.90. The van der Waals surface area contributed by atoms with Crippen LogP contribution in [0, 0.1) is 13.8 Å². The first-order chi connectivity index (χ1) is 16.5. The van der Waals surface area contributed by atoms with Gasteiger partial charge in [0.1, 0.15) is 0 Å². The lowest BCUT2D eigenvalue weighted by Gasteiger charge is -2.32. The van der Waals surface area contributed by atoms with Crippen molar-refractivity contribution in [3.8, 4) is 0 Å². The highest BCUT2D eigenvalue weighted by Gasteiger charge is 2.29. The molecule has 0 radical (unpaired) electrons. The summed E-state index contributed by atoms with van der Waals surface area (Å²) in [6.07, 6.45) is 8.41. The molecule has 1 aliphatic rings. The molecule has 0 bridgehead atoms. The van der Waals surface area contributed by atoms with Crippen molar-refractivity contribution in [1.82, 2.24) is 30.1 Å². The number of fused-ring (bicyclic) bond motifs is 1. The zero-order valence-corrected chi connectivity index (χ0v) is 20.8. The van der Waals surface area contributed by atoms with Gasteiger partial charge in [0.05, 0.1) is 12.1 Å². The second kappa shape index (κ2) is 11.2. The van der Waals surface area contributed by atoms with E-state index in [1.54, 1.807) is 0 Å². The molecule has 1 fully saturated rings. The Bertz CT molecular complexity index is 1150. The lowest BCUT2D eigenvalue weighted by molar-refractivity contribution is 0.143. The van der Waals surface area contributed by atoms with Crippen molar-refractivity contribution < 1.29 is 5.11 Å². The van der Waals surface area contributed by atoms with Gasteiger partial charge in [-0.25, -0.2) is 4.68 Å². The number of benzene rings is 1. The van der Waals surface area contributed by atoms with E-state index in [9.17, 15) is 9.90 Å². The van der Waals surface area contributed by atoms with Crippen LogP contribution in [0.2, 0.25) is 0 Å². The molecular formula is C26H38N6O2. The van der Waals surface area contributed by atoms with Gasteiger partial charge in [-0.3, -0.25) is 9.69 Å². The predicted molar refractivity (Wildman–Crippen MR) is 134 cm³/mol. The SMILES string of the molecule is CCC[C@H](c1nnnn1C1CCCCC1)N(CCCO)Cc1cc2cc(C)c(C)cc2[nH]c1=O. The Morgan fingerprint density at radius 3 is 2.68 bits per heavy atom. The monoisotopic (exact) mass is 466 g/mol. The van der Waals surface area contributed by atoms with Crippen LogP contribution in [0.15, 0.2) is 23.0 Å². The Labute approximate surface area is 201 Å². The maximum Gasteiger partial charge on any atom is 0.252 e. The van der Waals surface area contributed by atoms with Crippen molar-refractivity contribution in [1.29, 1.82) is 0 Å². The fraction of sp³-hybridized carbons (Fsp3) is 0.615. The molecule has 0 aliphatic heterocycles. The second-order valence-corrected chi connectivity index (χ2v) is 9.77. The van der Waals surface area contributed by atoms with Gasteiger partial charge in [-0.05, 0) is 84.7 Å². The van der Waals surface area contributed by atoms with E-state index >= 15 is 0 Å². The maximum absolute atomic E-state index is 13.0. The lowest BCUT2D eigenvalue weighted by Crippen LogP contribution is -2.34. The van der Waals surface area contributed by atoms with Gasteiger partial charge in [-0.2, -0.15) is 0 Å². The van der Waals surface area contributed by atoms with Crippen molar-refractivity contribution in [3.63, 3.8) is 0 Å². The quantitative estimate of drug-likeness (QED) is 0.460. The smallest absolute Gasteiger partial charge is 0.252 e. The van der Waals surface area contributed by atoms with E-state index in [-0.39, 0.29) is 18.2 Å². The number of aromatic nitrogens is 5. The fourth-order valence-corrected chi connectivity index (χ4v) is 5.23. The minimum atomic E-state index is -0.0631. The number of hydrogen-bond acceptors (Lipinski definition) is 6. The molecule has 34 heavy (non-hydrogen) atoms. The van der Waals surface area contributed by atoms with Crippen LogP contribution in [0.25, 0.3) is 10.9 Å². The largest absolute Gasteiger partial charge is 0.396 e. The molecule has 0 spiro atoms. The van der Waals surface area contributed by atoms with Crippen LogP contribution in [-0.4, -0.2) is 48.3 Å². The number of rotatable bonds is 10. The normalized spacial score (nSPS) is 15.9. The van der Waals surface area contributed by atoms with Gasteiger partial charge in [-0.1, -0.05) is 32.6 Å². The Morgan fingerprint density at radius 1 is 1.18 bits per heavy atom. The number of nitrogens with zero attached hydrogens (tertiary/aromatic N) is 5. The van der Waals surface area contributed by atoms with Gasteiger partial charge in [0.2, 0.25) is 0 Å². The number of H-pyrrole nitrogens is 1. The summed E-state index contributed by atoms with van der Waals surface area (Å²) in [6.45, 7) is 7.58. The Kier molecular flexibility index (Phi) is 8.11. The summed E-state index contributed by atoms with van der Waals surface area (Å²) in [7, 11) is 0. The number of pyridine rings is 1. The molecule has 1 aromatic carbocycles. The molecule has 8 heteroatoms. The van der Waals surface area contributed by atoms with Crippen molar-refractivity contribution in [2.45, 2.75) is 90.8 Å². The topological polar surface area (TPSA) is 99.9 Å². The van der Waals surface area contributed by atoms with E-state index in [2.05, 4.69) is 52.2 Å². The van der Waals surface area contributed by atoms with E-state index in [0.717, 1.165) is 53.5 Å². The minimum Gasteiger partial charge on any atom is -0.396 e. The van der Waals surface area contributed by atoms with Crippen molar-refractivity contribution in [2.75, 3.05) is 13.2 Å². The number of nitrogens with one attached hydrogen (secondary N) is 1. The van der Waals surface area contributed by atoms with E-state index in [4.69, 9.17) is 0 Å². The van der Waals surface area contributed by atoms with Crippen molar-refractivity contribution in [2.24, 2.45) is 0 Å². The van der Waals surface area contributed by atoms with E-state index < -0.39 is 0 Å². The van der Waals surface area contributed by atoms with Gasteiger partial charge >= 0.3 is 0 Å². The second-order valence-electron chi connectivity index (χ2n) is 9.77. The molecule has 1 atom stereocenters. The van der Waals surface area contributed by atoms with Crippen molar-refractivity contribution >= 4 is 10.9 Å². The lowest BCUT2D eigenvalue weighted by atomic mass is 9.95. The average molecular weight is 467 g/mol. The van der Waals surface area contributed by atoms with Crippen LogP contribution in [0.3, 0.4) is 0 Å². The summed E-state index contributed by atoms with van der Waals surface area (Å²) in [6, 6.07) is 6.52. The molecule has 2 heterocycles. The van der Waals surface area contributed by atoms with Gasteiger partial charge < -0.3 is 10.1 Å². The van der Waals surface area contributed by atoms with E-state index in [1.807, 2.05) is 16.8 Å². The molecule has 8 nitrogen and oxygen atoms in total. The van der Waals surface area contributed by atoms with Gasteiger partial charge in [-0.15, -0.1) is 5.10 Å². The van der Waals surface area contributed by atoms with Crippen LogP contribution in [0.1, 0.15) is 92.9 Å². The fourth-order valence-electron chi connectivity index (χ4n) is 5.23. The van der Waals surface area contributed by atoms with Crippen LogP contribution in [0.4, 0.5) is 0 Å². The standard InChI is InChI=1S/C26H38N6O2/c1-4-9-24(25-28-29-30-32(25)22-10-6-5-7-11-22)31(12-8-13-33)17-21-16-20-14-18(2)19(3)15-23(20)27-26(21)34/h14-16,22,24,33H,4-13,17H2,1-3H3,(H,27,34)/t24-/m1/s1. The number of aromatic amines is 1. The zero-order valence-electron chi connectivity index (χ0n) is 20.8. The van der Waals surface area contributed by atoms with Gasteiger partial charge in [0.25, 0.3) is 5.56 Å². The third kappa shape index (κ3) is 5.39. The molecular weight excluding hydrogens is 428 g/mol. The summed E-state index contributed by atoms with van der Waals surface area (Å²) in [4.78, 5) is 18.4. The number of hydrogen-bond donors (Lipinski definition) is 2. The highest BCUT2D eigenvalue weighted by atomic mass is 16.3. The van der Waals surface area contributed by atoms with Gasteiger partial charge in [0.15, 0.2) is 5.82 Å². The summed E-state index contributed by atoms with van der Waals surface area (Å²) >= 11 is 0. The summed E-state index contributed by atoms with van der Waals surface area (Å²) < 4.78 is 2.04. The molecule has 0 saturated heterocycles. The van der Waals surface area contributed by atoms with E-state index in [0.29, 0.717) is 25.6 Å². The Morgan fingerprint density at radius 2 is 1.94 bits per heavy atom. The molecule has 3 aromatic rings. The molecule has 1 saturated carbocycles. The molecule has 2 aromatic heterocycles. The molecule has 2 N–H and O–H groups in total. The number of aliphatic hydroxyl groups is 1. The molecule has 0 unspecified atom stereocenters. The third-order valence-electron chi connectivity index (χ3n) is 7.25. The van der Waals surface area contributed by atoms with Crippen LogP contribution >= 0.6 is 0 Å².